The normalized spacial score (nSPS) is 12.2. The molecule has 2 aromatic carbocycles. The number of amides is 1. The molecular formula is C18H19F2NO. The standard InChI is InChI=1S/C18H19F2NO/c1-12(2)10-17(13-6-4-3-5-7-13)21-18(22)15-9-8-14(19)11-16(15)20/h3-9,11-12,17H,10H2,1-2H3,(H,21,22). The minimum Gasteiger partial charge on any atom is -0.345 e. The van der Waals surface area contributed by atoms with Crippen LogP contribution in [0, 0.1) is 17.6 Å². The fourth-order valence-corrected chi connectivity index (χ4v) is 2.34. The first-order chi connectivity index (χ1) is 10.5. The van der Waals surface area contributed by atoms with Crippen molar-refractivity contribution in [2.24, 2.45) is 5.92 Å². The van der Waals surface area contributed by atoms with Gasteiger partial charge in [0.05, 0.1) is 11.6 Å². The van der Waals surface area contributed by atoms with Gasteiger partial charge >= 0.3 is 0 Å². The van der Waals surface area contributed by atoms with E-state index in [9.17, 15) is 13.6 Å². The minimum absolute atomic E-state index is 0.147. The number of rotatable bonds is 5. The van der Waals surface area contributed by atoms with E-state index in [0.717, 1.165) is 30.2 Å². The van der Waals surface area contributed by atoms with Gasteiger partial charge in [-0.25, -0.2) is 8.78 Å². The summed E-state index contributed by atoms with van der Waals surface area (Å²) in [6, 6.07) is 12.3. The van der Waals surface area contributed by atoms with Gasteiger partial charge in [0, 0.05) is 6.07 Å². The highest BCUT2D eigenvalue weighted by atomic mass is 19.1. The molecule has 1 amide bonds. The molecule has 0 bridgehead atoms. The molecule has 0 aliphatic rings. The van der Waals surface area contributed by atoms with Crippen LogP contribution >= 0.6 is 0 Å². The Morgan fingerprint density at radius 3 is 2.36 bits per heavy atom. The Morgan fingerprint density at radius 2 is 1.77 bits per heavy atom. The van der Waals surface area contributed by atoms with E-state index < -0.39 is 17.5 Å². The second-order valence-electron chi connectivity index (χ2n) is 5.69. The van der Waals surface area contributed by atoms with Crippen molar-refractivity contribution in [1.82, 2.24) is 5.32 Å². The molecule has 0 aliphatic heterocycles. The second-order valence-corrected chi connectivity index (χ2v) is 5.69. The molecule has 1 N–H and O–H groups in total. The number of carbonyl (C=O) groups is 1. The lowest BCUT2D eigenvalue weighted by atomic mass is 9.96. The van der Waals surface area contributed by atoms with Crippen LogP contribution in [0.25, 0.3) is 0 Å². The highest BCUT2D eigenvalue weighted by Crippen LogP contribution is 2.22. The molecule has 0 aliphatic carbocycles. The Morgan fingerprint density at radius 1 is 1.09 bits per heavy atom. The summed E-state index contributed by atoms with van der Waals surface area (Å²) in [5.74, 6) is -1.72. The molecule has 1 unspecified atom stereocenters. The third-order valence-electron chi connectivity index (χ3n) is 3.39. The van der Waals surface area contributed by atoms with Crippen LogP contribution in [0.4, 0.5) is 8.78 Å². The summed E-state index contributed by atoms with van der Waals surface area (Å²) < 4.78 is 26.7. The first kappa shape index (κ1) is 16.1. The summed E-state index contributed by atoms with van der Waals surface area (Å²) in [6.45, 7) is 4.11. The number of benzene rings is 2. The molecule has 0 saturated carbocycles. The number of nitrogens with one attached hydrogen (secondary N) is 1. The summed E-state index contributed by atoms with van der Waals surface area (Å²) in [5, 5.41) is 2.84. The topological polar surface area (TPSA) is 29.1 Å². The van der Waals surface area contributed by atoms with Gasteiger partial charge in [-0.2, -0.15) is 0 Å². The Balaban J connectivity index is 2.21. The van der Waals surface area contributed by atoms with Crippen LogP contribution < -0.4 is 5.32 Å². The monoisotopic (exact) mass is 303 g/mol. The molecule has 2 rings (SSSR count). The van der Waals surface area contributed by atoms with E-state index >= 15 is 0 Å². The molecule has 2 aromatic rings. The molecule has 116 valence electrons. The zero-order valence-electron chi connectivity index (χ0n) is 12.6. The molecule has 0 aromatic heterocycles. The fraction of sp³-hybridized carbons (Fsp3) is 0.278. The Kier molecular flexibility index (Phi) is 5.26. The molecule has 2 nitrogen and oxygen atoms in total. The molecule has 0 radical (unpaired) electrons. The zero-order chi connectivity index (χ0) is 16.1. The fourth-order valence-electron chi connectivity index (χ4n) is 2.34. The number of hydrogen-bond donors (Lipinski definition) is 1. The molecule has 0 heterocycles. The van der Waals surface area contributed by atoms with Gasteiger partial charge in [0.15, 0.2) is 0 Å². The van der Waals surface area contributed by atoms with Gasteiger partial charge in [0.2, 0.25) is 0 Å². The van der Waals surface area contributed by atoms with Gasteiger partial charge in [0.1, 0.15) is 11.6 Å². The summed E-state index contributed by atoms with van der Waals surface area (Å²) in [5.41, 5.74) is 0.818. The Labute approximate surface area is 129 Å². The van der Waals surface area contributed by atoms with Crippen LogP contribution in [0.15, 0.2) is 48.5 Å². The highest BCUT2D eigenvalue weighted by Gasteiger charge is 2.19. The van der Waals surface area contributed by atoms with Crippen LogP contribution in [0.5, 0.6) is 0 Å². The van der Waals surface area contributed by atoms with E-state index in [1.54, 1.807) is 0 Å². The van der Waals surface area contributed by atoms with Crippen molar-refractivity contribution in [2.45, 2.75) is 26.3 Å². The van der Waals surface area contributed by atoms with Gasteiger partial charge in [0.25, 0.3) is 5.91 Å². The molecule has 0 fully saturated rings. The van der Waals surface area contributed by atoms with Crippen LogP contribution in [-0.2, 0) is 0 Å². The maximum absolute atomic E-state index is 13.7. The van der Waals surface area contributed by atoms with E-state index in [-0.39, 0.29) is 11.6 Å². The molecule has 22 heavy (non-hydrogen) atoms. The van der Waals surface area contributed by atoms with Crippen LogP contribution in [0.2, 0.25) is 0 Å². The molecule has 0 spiro atoms. The maximum Gasteiger partial charge on any atom is 0.254 e. The van der Waals surface area contributed by atoms with Crippen LogP contribution in [-0.4, -0.2) is 5.91 Å². The summed E-state index contributed by atoms with van der Waals surface area (Å²) in [4.78, 5) is 12.3. The average molecular weight is 303 g/mol. The third-order valence-corrected chi connectivity index (χ3v) is 3.39. The van der Waals surface area contributed by atoms with Crippen molar-refractivity contribution >= 4 is 5.91 Å². The quantitative estimate of drug-likeness (QED) is 0.867. The Hall–Kier alpha value is -2.23. The predicted octanol–water partition coefficient (Wildman–Crippen LogP) is 4.48. The minimum atomic E-state index is -0.853. The first-order valence-electron chi connectivity index (χ1n) is 7.28. The lowest BCUT2D eigenvalue weighted by Gasteiger charge is -2.21. The molecular weight excluding hydrogens is 284 g/mol. The highest BCUT2D eigenvalue weighted by molar-refractivity contribution is 5.94. The van der Waals surface area contributed by atoms with E-state index in [4.69, 9.17) is 0 Å². The maximum atomic E-state index is 13.7. The molecule has 0 saturated heterocycles. The molecule has 4 heteroatoms. The lowest BCUT2D eigenvalue weighted by molar-refractivity contribution is 0.0928. The van der Waals surface area contributed by atoms with Crippen molar-refractivity contribution < 1.29 is 13.6 Å². The van der Waals surface area contributed by atoms with Crippen molar-refractivity contribution in [3.63, 3.8) is 0 Å². The van der Waals surface area contributed by atoms with E-state index in [2.05, 4.69) is 19.2 Å². The first-order valence-corrected chi connectivity index (χ1v) is 7.28. The van der Waals surface area contributed by atoms with Crippen molar-refractivity contribution in [3.8, 4) is 0 Å². The van der Waals surface area contributed by atoms with Gasteiger partial charge in [-0.05, 0) is 30.0 Å². The van der Waals surface area contributed by atoms with E-state index in [0.29, 0.717) is 5.92 Å². The second kappa shape index (κ2) is 7.16. The van der Waals surface area contributed by atoms with Crippen molar-refractivity contribution in [1.29, 1.82) is 0 Å². The van der Waals surface area contributed by atoms with Gasteiger partial charge < -0.3 is 5.32 Å². The number of halogens is 2. The van der Waals surface area contributed by atoms with E-state index in [1.807, 2.05) is 30.3 Å². The Bertz CT molecular complexity index is 641. The summed E-state index contributed by atoms with van der Waals surface area (Å²) in [7, 11) is 0. The SMILES string of the molecule is CC(C)CC(NC(=O)c1ccc(F)cc1F)c1ccccc1. The number of carbonyl (C=O) groups excluding carboxylic acids is 1. The predicted molar refractivity (Wildman–Crippen MR) is 82.5 cm³/mol. The summed E-state index contributed by atoms with van der Waals surface area (Å²) in [6.07, 6.45) is 0.735. The lowest BCUT2D eigenvalue weighted by Crippen LogP contribution is -2.30. The number of hydrogen-bond acceptors (Lipinski definition) is 1. The van der Waals surface area contributed by atoms with Gasteiger partial charge in [-0.1, -0.05) is 44.2 Å². The smallest absolute Gasteiger partial charge is 0.254 e. The average Bonchev–Trinajstić information content (AvgIpc) is 2.46. The van der Waals surface area contributed by atoms with Crippen molar-refractivity contribution in [2.75, 3.05) is 0 Å². The largest absolute Gasteiger partial charge is 0.345 e. The van der Waals surface area contributed by atoms with Crippen LogP contribution in [0.1, 0.15) is 42.2 Å². The zero-order valence-corrected chi connectivity index (χ0v) is 12.6. The van der Waals surface area contributed by atoms with Crippen molar-refractivity contribution in [3.05, 3.63) is 71.3 Å². The van der Waals surface area contributed by atoms with Gasteiger partial charge in [-0.15, -0.1) is 0 Å². The van der Waals surface area contributed by atoms with Gasteiger partial charge in [-0.3, -0.25) is 4.79 Å². The van der Waals surface area contributed by atoms with E-state index in [1.165, 1.54) is 0 Å². The third kappa shape index (κ3) is 4.13. The summed E-state index contributed by atoms with van der Waals surface area (Å²) >= 11 is 0. The molecule has 1 atom stereocenters. The van der Waals surface area contributed by atoms with Crippen LogP contribution in [0.3, 0.4) is 0 Å².